The second kappa shape index (κ2) is 6.92. The minimum atomic E-state index is 0.144. The van der Waals surface area contributed by atoms with Gasteiger partial charge in [-0.05, 0) is 37.3 Å². The van der Waals surface area contributed by atoms with E-state index in [0.29, 0.717) is 11.8 Å². The highest BCUT2D eigenvalue weighted by Gasteiger charge is 2.30. The monoisotopic (exact) mass is 289 g/mol. The number of hydrogen-bond donors (Lipinski definition) is 1. The normalized spacial score (nSPS) is 21.6. The van der Waals surface area contributed by atoms with Crippen LogP contribution in [0.3, 0.4) is 0 Å². The zero-order valence-corrected chi connectivity index (χ0v) is 13.6. The van der Waals surface area contributed by atoms with Crippen LogP contribution in [0.15, 0.2) is 12.1 Å². The number of hydrogen-bond acceptors (Lipinski definition) is 3. The molecule has 2 atom stereocenters. The predicted octanol–water partition coefficient (Wildman–Crippen LogP) is 3.19. The Balaban J connectivity index is 2.23. The van der Waals surface area contributed by atoms with Gasteiger partial charge in [0.2, 0.25) is 0 Å². The molecule has 2 heterocycles. The second-order valence-electron chi connectivity index (χ2n) is 6.18. The molecule has 0 aromatic carbocycles. The van der Waals surface area contributed by atoms with E-state index in [1.807, 2.05) is 24.0 Å². The average molecular weight is 289 g/mol. The van der Waals surface area contributed by atoms with Gasteiger partial charge in [-0.15, -0.1) is 0 Å². The third-order valence-corrected chi connectivity index (χ3v) is 4.26. The van der Waals surface area contributed by atoms with E-state index in [2.05, 4.69) is 31.1 Å². The van der Waals surface area contributed by atoms with Gasteiger partial charge in [-0.1, -0.05) is 27.2 Å². The van der Waals surface area contributed by atoms with Crippen molar-refractivity contribution in [2.45, 2.75) is 40.5 Å². The largest absolute Gasteiger partial charge is 0.370 e. The van der Waals surface area contributed by atoms with Crippen LogP contribution in [0.2, 0.25) is 0 Å². The number of carbonyl (C=O) groups is 1. The van der Waals surface area contributed by atoms with E-state index in [9.17, 15) is 4.79 Å². The molecule has 0 spiro atoms. The van der Waals surface area contributed by atoms with Crippen LogP contribution in [0.5, 0.6) is 0 Å². The lowest BCUT2D eigenvalue weighted by Gasteiger charge is -2.17. The molecule has 1 saturated heterocycles. The summed E-state index contributed by atoms with van der Waals surface area (Å²) in [6.45, 7) is 11.2. The highest BCUT2D eigenvalue weighted by molar-refractivity contribution is 5.95. The lowest BCUT2D eigenvalue weighted by Crippen LogP contribution is -2.29. The predicted molar refractivity (Wildman–Crippen MR) is 86.6 cm³/mol. The third kappa shape index (κ3) is 3.74. The van der Waals surface area contributed by atoms with Gasteiger partial charge in [0.25, 0.3) is 5.91 Å². The molecule has 116 valence electrons. The lowest BCUT2D eigenvalue weighted by atomic mass is 10.0. The van der Waals surface area contributed by atoms with Crippen LogP contribution < -0.4 is 5.32 Å². The summed E-state index contributed by atoms with van der Waals surface area (Å²) in [5.41, 5.74) is 1.77. The van der Waals surface area contributed by atoms with E-state index in [-0.39, 0.29) is 5.91 Å². The molecular formula is C17H27N3O. The molecule has 1 aliphatic rings. The van der Waals surface area contributed by atoms with Crippen molar-refractivity contribution in [2.24, 2.45) is 11.8 Å². The number of likely N-dealkylation sites (tertiary alicyclic amines) is 1. The second-order valence-corrected chi connectivity index (χ2v) is 6.18. The zero-order chi connectivity index (χ0) is 15.4. The fourth-order valence-corrected chi connectivity index (χ4v) is 2.85. The van der Waals surface area contributed by atoms with Gasteiger partial charge in [-0.2, -0.15) is 0 Å². The number of aromatic nitrogens is 1. The van der Waals surface area contributed by atoms with Gasteiger partial charge in [0.15, 0.2) is 0 Å². The van der Waals surface area contributed by atoms with E-state index in [0.717, 1.165) is 49.6 Å². The van der Waals surface area contributed by atoms with E-state index in [1.165, 1.54) is 0 Å². The van der Waals surface area contributed by atoms with Crippen LogP contribution in [-0.2, 0) is 6.42 Å². The van der Waals surface area contributed by atoms with Crippen LogP contribution in [0.25, 0.3) is 0 Å². The van der Waals surface area contributed by atoms with Gasteiger partial charge >= 0.3 is 0 Å². The molecule has 21 heavy (non-hydrogen) atoms. The average Bonchev–Trinajstić information content (AvgIpc) is 2.78. The van der Waals surface area contributed by atoms with Gasteiger partial charge < -0.3 is 10.2 Å². The number of aryl methyl sites for hydroxylation is 1. The van der Waals surface area contributed by atoms with Crippen LogP contribution in [0.1, 0.15) is 50.2 Å². The molecule has 2 unspecified atom stereocenters. The molecule has 0 bridgehead atoms. The van der Waals surface area contributed by atoms with Crippen LogP contribution in [-0.4, -0.2) is 35.4 Å². The fourth-order valence-electron chi connectivity index (χ4n) is 2.85. The first kappa shape index (κ1) is 15.8. The quantitative estimate of drug-likeness (QED) is 0.905. The molecular weight excluding hydrogens is 262 g/mol. The molecule has 1 aromatic heterocycles. The fraction of sp³-hybridized carbons (Fsp3) is 0.647. The Kier molecular flexibility index (Phi) is 5.21. The number of anilines is 1. The smallest absolute Gasteiger partial charge is 0.254 e. The van der Waals surface area contributed by atoms with Gasteiger partial charge in [-0.3, -0.25) is 4.79 Å². The Bertz CT molecular complexity index is 467. The first-order chi connectivity index (χ1) is 10.0. The van der Waals surface area contributed by atoms with E-state index >= 15 is 0 Å². The number of carbonyl (C=O) groups excluding carboxylic acids is 1. The number of nitrogens with zero attached hydrogens (tertiary/aromatic N) is 2. The van der Waals surface area contributed by atoms with Crippen molar-refractivity contribution in [2.75, 3.05) is 25.0 Å². The van der Waals surface area contributed by atoms with Crippen LogP contribution in [0, 0.1) is 11.8 Å². The first-order valence-electron chi connectivity index (χ1n) is 8.09. The molecule has 0 aliphatic carbocycles. The summed E-state index contributed by atoms with van der Waals surface area (Å²) in [4.78, 5) is 19.3. The SMILES string of the molecule is CCCc1cc(C(=O)N2CC(C)C(C)C2)cc(NCC)n1. The van der Waals surface area contributed by atoms with Crippen molar-refractivity contribution in [3.8, 4) is 0 Å². The zero-order valence-electron chi connectivity index (χ0n) is 13.6. The molecule has 4 nitrogen and oxygen atoms in total. The van der Waals surface area contributed by atoms with Crippen molar-refractivity contribution < 1.29 is 4.79 Å². The van der Waals surface area contributed by atoms with Crippen LogP contribution in [0.4, 0.5) is 5.82 Å². The molecule has 0 saturated carbocycles. The Morgan fingerprint density at radius 2 is 1.95 bits per heavy atom. The van der Waals surface area contributed by atoms with Crippen molar-refractivity contribution in [1.82, 2.24) is 9.88 Å². The molecule has 1 N–H and O–H groups in total. The van der Waals surface area contributed by atoms with E-state index in [4.69, 9.17) is 0 Å². The highest BCUT2D eigenvalue weighted by Crippen LogP contribution is 2.24. The van der Waals surface area contributed by atoms with Gasteiger partial charge in [0.1, 0.15) is 5.82 Å². The summed E-state index contributed by atoms with van der Waals surface area (Å²) in [7, 11) is 0. The standard InChI is InChI=1S/C17H27N3O/c1-5-7-15-8-14(9-16(19-15)18-6-2)17(21)20-10-12(3)13(4)11-20/h8-9,12-13H,5-7,10-11H2,1-4H3,(H,18,19). The molecule has 1 fully saturated rings. The van der Waals surface area contributed by atoms with Gasteiger partial charge in [-0.25, -0.2) is 4.98 Å². The summed E-state index contributed by atoms with van der Waals surface area (Å²) >= 11 is 0. The molecule has 1 aromatic rings. The van der Waals surface area contributed by atoms with Crippen molar-refractivity contribution in [1.29, 1.82) is 0 Å². The molecule has 1 aliphatic heterocycles. The Labute approximate surface area is 127 Å². The highest BCUT2D eigenvalue weighted by atomic mass is 16.2. The van der Waals surface area contributed by atoms with Gasteiger partial charge in [0, 0.05) is 30.9 Å². The Morgan fingerprint density at radius 1 is 1.29 bits per heavy atom. The molecule has 2 rings (SSSR count). The summed E-state index contributed by atoms with van der Waals surface area (Å²) in [6.07, 6.45) is 1.94. The summed E-state index contributed by atoms with van der Waals surface area (Å²) < 4.78 is 0. The molecule has 4 heteroatoms. The summed E-state index contributed by atoms with van der Waals surface area (Å²) in [6, 6.07) is 3.85. The van der Waals surface area contributed by atoms with Crippen molar-refractivity contribution in [3.63, 3.8) is 0 Å². The Hall–Kier alpha value is -1.58. The number of rotatable bonds is 5. The van der Waals surface area contributed by atoms with Crippen molar-refractivity contribution in [3.05, 3.63) is 23.4 Å². The summed E-state index contributed by atoms with van der Waals surface area (Å²) in [5, 5.41) is 3.23. The Morgan fingerprint density at radius 3 is 2.52 bits per heavy atom. The number of amides is 1. The van der Waals surface area contributed by atoms with Crippen molar-refractivity contribution >= 4 is 11.7 Å². The maximum atomic E-state index is 12.7. The topological polar surface area (TPSA) is 45.2 Å². The molecule has 0 radical (unpaired) electrons. The number of nitrogens with one attached hydrogen (secondary N) is 1. The maximum Gasteiger partial charge on any atom is 0.254 e. The minimum Gasteiger partial charge on any atom is -0.370 e. The maximum absolute atomic E-state index is 12.7. The first-order valence-corrected chi connectivity index (χ1v) is 8.09. The lowest BCUT2D eigenvalue weighted by molar-refractivity contribution is 0.0785. The molecule has 1 amide bonds. The van der Waals surface area contributed by atoms with Crippen LogP contribution >= 0.6 is 0 Å². The third-order valence-electron chi connectivity index (χ3n) is 4.26. The van der Waals surface area contributed by atoms with Gasteiger partial charge in [0.05, 0.1) is 0 Å². The van der Waals surface area contributed by atoms with E-state index in [1.54, 1.807) is 0 Å². The minimum absolute atomic E-state index is 0.144. The van der Waals surface area contributed by atoms with E-state index < -0.39 is 0 Å². The number of pyridine rings is 1. The summed E-state index contributed by atoms with van der Waals surface area (Å²) in [5.74, 6) is 2.12.